The normalized spacial score (nSPS) is 14.3. The number of pyridine rings is 1. The number of aromatic nitrogens is 4. The molecule has 2 heterocycles. The first kappa shape index (κ1) is 12.6. The highest BCUT2D eigenvalue weighted by Crippen LogP contribution is 2.35. The van der Waals surface area contributed by atoms with Gasteiger partial charge < -0.3 is 0 Å². The lowest BCUT2D eigenvalue weighted by Gasteiger charge is -2.19. The summed E-state index contributed by atoms with van der Waals surface area (Å²) in [4.78, 5) is 8.88. The van der Waals surface area contributed by atoms with E-state index in [9.17, 15) is 4.39 Å². The largest absolute Gasteiger partial charge is 0.282 e. The van der Waals surface area contributed by atoms with Crippen LogP contribution in [-0.4, -0.2) is 20.2 Å². The summed E-state index contributed by atoms with van der Waals surface area (Å²) in [5.41, 5.74) is 3.49. The third-order valence-electron chi connectivity index (χ3n) is 3.98. The summed E-state index contributed by atoms with van der Waals surface area (Å²) < 4.78 is 14.5. The van der Waals surface area contributed by atoms with E-state index in [-0.39, 0.29) is 5.82 Å². The summed E-state index contributed by atoms with van der Waals surface area (Å²) in [5, 5.41) is 6.60. The molecule has 0 spiro atoms. The summed E-state index contributed by atoms with van der Waals surface area (Å²) in [6.07, 6.45) is 4.04. The number of para-hydroxylation sites is 1. The first-order chi connectivity index (χ1) is 10.2. The highest BCUT2D eigenvalue weighted by atomic mass is 32.1. The number of aryl methyl sites for hydroxylation is 1. The van der Waals surface area contributed by atoms with Gasteiger partial charge in [0.25, 0.3) is 0 Å². The number of nitrogens with zero attached hydrogens (tertiary/aromatic N) is 2. The van der Waals surface area contributed by atoms with Crippen LogP contribution in [0, 0.1) is 10.6 Å². The fourth-order valence-electron chi connectivity index (χ4n) is 3.07. The maximum atomic E-state index is 14.1. The Labute approximate surface area is 125 Å². The summed E-state index contributed by atoms with van der Waals surface area (Å²) in [6, 6.07) is 5.04. The van der Waals surface area contributed by atoms with Gasteiger partial charge in [-0.3, -0.25) is 10.2 Å². The van der Waals surface area contributed by atoms with Crippen LogP contribution < -0.4 is 0 Å². The number of benzene rings is 1. The molecule has 0 unspecified atom stereocenters. The molecule has 2 N–H and O–H groups in total. The number of H-pyrrole nitrogens is 2. The van der Waals surface area contributed by atoms with E-state index in [4.69, 9.17) is 12.2 Å². The number of hydrogen-bond acceptors (Lipinski definition) is 3. The van der Waals surface area contributed by atoms with Gasteiger partial charge in [0.1, 0.15) is 11.3 Å². The zero-order chi connectivity index (χ0) is 14.4. The van der Waals surface area contributed by atoms with Crippen molar-refractivity contribution in [1.82, 2.24) is 20.2 Å². The first-order valence-corrected chi connectivity index (χ1v) is 7.40. The number of nitrogens with one attached hydrogen (secondary N) is 2. The predicted molar refractivity (Wildman–Crippen MR) is 81.1 cm³/mol. The Morgan fingerprint density at radius 2 is 1.95 bits per heavy atom. The Morgan fingerprint density at radius 1 is 1.10 bits per heavy atom. The van der Waals surface area contributed by atoms with Crippen LogP contribution in [0.2, 0.25) is 0 Å². The second-order valence-electron chi connectivity index (χ2n) is 5.27. The Morgan fingerprint density at radius 3 is 2.76 bits per heavy atom. The van der Waals surface area contributed by atoms with Gasteiger partial charge in [0.05, 0.1) is 0 Å². The molecule has 0 saturated carbocycles. The molecule has 1 aromatic carbocycles. The SMILES string of the molecule is Fc1cccc2c(-c3nc(=S)[nH][nH]3)c3c(nc12)CCCC3. The standard InChI is InChI=1S/C15H13FN4S/c16-10-6-3-5-9-12(14-18-15(21)20-19-14)8-4-1-2-7-11(8)17-13(9)10/h3,5-6H,1-2,4,7H2,(H2,18,19,20,21). The van der Waals surface area contributed by atoms with Gasteiger partial charge in [0, 0.05) is 16.6 Å². The molecule has 4 nitrogen and oxygen atoms in total. The van der Waals surface area contributed by atoms with Crippen LogP contribution >= 0.6 is 12.2 Å². The maximum absolute atomic E-state index is 14.1. The monoisotopic (exact) mass is 300 g/mol. The van der Waals surface area contributed by atoms with E-state index < -0.39 is 0 Å². The van der Waals surface area contributed by atoms with Crippen LogP contribution in [0.5, 0.6) is 0 Å². The Hall–Kier alpha value is -2.08. The van der Waals surface area contributed by atoms with Crippen molar-refractivity contribution in [3.63, 3.8) is 0 Å². The van der Waals surface area contributed by atoms with Crippen molar-refractivity contribution < 1.29 is 4.39 Å². The minimum Gasteiger partial charge on any atom is -0.282 e. The minimum atomic E-state index is -0.295. The topological polar surface area (TPSA) is 57.4 Å². The molecule has 0 fully saturated rings. The van der Waals surface area contributed by atoms with Gasteiger partial charge in [0.2, 0.25) is 4.77 Å². The van der Waals surface area contributed by atoms with Gasteiger partial charge in [-0.2, -0.15) is 4.98 Å². The second kappa shape index (κ2) is 4.73. The van der Waals surface area contributed by atoms with Crippen LogP contribution in [0.15, 0.2) is 18.2 Å². The number of halogens is 1. The molecule has 4 rings (SSSR count). The third kappa shape index (κ3) is 1.98. The highest BCUT2D eigenvalue weighted by Gasteiger charge is 2.21. The molecule has 1 aliphatic rings. The van der Waals surface area contributed by atoms with Gasteiger partial charge in [0.15, 0.2) is 5.82 Å². The molecule has 0 aliphatic heterocycles. The van der Waals surface area contributed by atoms with E-state index in [0.29, 0.717) is 16.1 Å². The quantitative estimate of drug-likeness (QED) is 0.674. The molecule has 106 valence electrons. The minimum absolute atomic E-state index is 0.295. The molecule has 3 aromatic rings. The van der Waals surface area contributed by atoms with Gasteiger partial charge >= 0.3 is 0 Å². The van der Waals surface area contributed by atoms with Crippen LogP contribution in [0.1, 0.15) is 24.1 Å². The third-order valence-corrected chi connectivity index (χ3v) is 4.17. The lowest BCUT2D eigenvalue weighted by Crippen LogP contribution is -2.09. The predicted octanol–water partition coefficient (Wildman–Crippen LogP) is 3.70. The van der Waals surface area contributed by atoms with Crippen molar-refractivity contribution in [2.24, 2.45) is 0 Å². The number of aromatic amines is 2. The second-order valence-corrected chi connectivity index (χ2v) is 5.66. The summed E-state index contributed by atoms with van der Waals surface area (Å²) >= 11 is 5.05. The van der Waals surface area contributed by atoms with Crippen molar-refractivity contribution in [3.05, 3.63) is 40.0 Å². The molecular weight excluding hydrogens is 287 g/mol. The lowest BCUT2D eigenvalue weighted by atomic mass is 9.89. The Kier molecular flexibility index (Phi) is 2.85. The fraction of sp³-hybridized carbons (Fsp3) is 0.267. The van der Waals surface area contributed by atoms with Crippen LogP contribution in [-0.2, 0) is 12.8 Å². The average molecular weight is 300 g/mol. The van der Waals surface area contributed by atoms with Crippen molar-refractivity contribution in [2.75, 3.05) is 0 Å². The molecular formula is C15H13FN4S. The zero-order valence-electron chi connectivity index (χ0n) is 11.2. The Bertz CT molecular complexity index is 896. The molecule has 1 aliphatic carbocycles. The summed E-state index contributed by atoms with van der Waals surface area (Å²) in [7, 11) is 0. The van der Waals surface area contributed by atoms with Gasteiger partial charge in [-0.1, -0.05) is 12.1 Å². The van der Waals surface area contributed by atoms with Crippen molar-refractivity contribution >= 4 is 23.1 Å². The van der Waals surface area contributed by atoms with Crippen molar-refractivity contribution in [2.45, 2.75) is 25.7 Å². The molecule has 21 heavy (non-hydrogen) atoms. The van der Waals surface area contributed by atoms with Gasteiger partial charge in [-0.05, 0) is 49.5 Å². The molecule has 0 saturated heterocycles. The lowest BCUT2D eigenvalue weighted by molar-refractivity contribution is 0.632. The van der Waals surface area contributed by atoms with E-state index in [1.54, 1.807) is 6.07 Å². The summed E-state index contributed by atoms with van der Waals surface area (Å²) in [6.45, 7) is 0. The number of fused-ring (bicyclic) bond motifs is 2. The van der Waals surface area contributed by atoms with Crippen LogP contribution in [0.3, 0.4) is 0 Å². The number of rotatable bonds is 1. The first-order valence-electron chi connectivity index (χ1n) is 6.99. The molecule has 0 radical (unpaired) electrons. The average Bonchev–Trinajstić information content (AvgIpc) is 2.92. The maximum Gasteiger partial charge on any atom is 0.213 e. The molecule has 0 amide bonds. The Balaban J connectivity index is 2.15. The zero-order valence-corrected chi connectivity index (χ0v) is 12.1. The van der Waals surface area contributed by atoms with Crippen molar-refractivity contribution in [1.29, 1.82) is 0 Å². The van der Waals surface area contributed by atoms with E-state index >= 15 is 0 Å². The van der Waals surface area contributed by atoms with E-state index in [1.165, 1.54) is 6.07 Å². The van der Waals surface area contributed by atoms with E-state index in [2.05, 4.69) is 20.2 Å². The molecule has 6 heteroatoms. The van der Waals surface area contributed by atoms with E-state index in [0.717, 1.165) is 47.9 Å². The van der Waals surface area contributed by atoms with Gasteiger partial charge in [-0.25, -0.2) is 9.37 Å². The van der Waals surface area contributed by atoms with Gasteiger partial charge in [-0.15, -0.1) is 0 Å². The van der Waals surface area contributed by atoms with Crippen LogP contribution in [0.4, 0.5) is 4.39 Å². The molecule has 0 bridgehead atoms. The van der Waals surface area contributed by atoms with E-state index in [1.807, 2.05) is 6.07 Å². The number of hydrogen-bond donors (Lipinski definition) is 2. The molecule has 0 atom stereocenters. The highest BCUT2D eigenvalue weighted by molar-refractivity contribution is 7.71. The smallest absolute Gasteiger partial charge is 0.213 e. The fourth-order valence-corrected chi connectivity index (χ4v) is 3.21. The van der Waals surface area contributed by atoms with Crippen molar-refractivity contribution in [3.8, 4) is 11.4 Å². The summed E-state index contributed by atoms with van der Waals surface area (Å²) in [5.74, 6) is 0.368. The van der Waals surface area contributed by atoms with Crippen LogP contribution in [0.25, 0.3) is 22.3 Å². The molecule has 2 aromatic heterocycles.